The van der Waals surface area contributed by atoms with Crippen LogP contribution >= 0.6 is 0 Å². The van der Waals surface area contributed by atoms with Gasteiger partial charge >= 0.3 is 5.97 Å². The van der Waals surface area contributed by atoms with Gasteiger partial charge in [-0.1, -0.05) is 13.8 Å². The van der Waals surface area contributed by atoms with Crippen molar-refractivity contribution in [3.05, 3.63) is 0 Å². The SMILES string of the molecule is CCC(C#N)S(=O)(=O)NCC(C)C(=O)O. The summed E-state index contributed by atoms with van der Waals surface area (Å²) in [5.41, 5.74) is 0. The van der Waals surface area contributed by atoms with Gasteiger partial charge in [0.05, 0.1) is 12.0 Å². The molecule has 0 aromatic carbocycles. The topological polar surface area (TPSA) is 107 Å². The third-order valence-corrected chi connectivity index (χ3v) is 3.66. The Bertz CT molecular complexity index is 357. The van der Waals surface area contributed by atoms with Gasteiger partial charge in [0.15, 0.2) is 5.25 Å². The molecule has 0 amide bonds. The lowest BCUT2D eigenvalue weighted by atomic mass is 10.2. The second-order valence-corrected chi connectivity index (χ2v) is 5.11. The van der Waals surface area contributed by atoms with Crippen LogP contribution in [0.4, 0.5) is 0 Å². The Labute approximate surface area is 89.0 Å². The van der Waals surface area contributed by atoms with Crippen LogP contribution in [0.25, 0.3) is 0 Å². The molecule has 0 heterocycles. The van der Waals surface area contributed by atoms with Crippen LogP contribution in [0, 0.1) is 17.2 Å². The van der Waals surface area contributed by atoms with E-state index in [0.29, 0.717) is 0 Å². The zero-order valence-electron chi connectivity index (χ0n) is 8.60. The molecule has 0 saturated carbocycles. The lowest BCUT2D eigenvalue weighted by Gasteiger charge is -2.11. The maximum absolute atomic E-state index is 11.4. The Kier molecular flexibility index (Phi) is 5.25. The van der Waals surface area contributed by atoms with Crippen molar-refractivity contribution in [1.29, 1.82) is 5.26 Å². The molecule has 0 aliphatic heterocycles. The maximum Gasteiger partial charge on any atom is 0.307 e. The molecule has 0 aromatic heterocycles. The smallest absolute Gasteiger partial charge is 0.307 e. The van der Waals surface area contributed by atoms with E-state index in [2.05, 4.69) is 4.72 Å². The lowest BCUT2D eigenvalue weighted by molar-refractivity contribution is -0.140. The van der Waals surface area contributed by atoms with Gasteiger partial charge in [0, 0.05) is 6.54 Å². The molecule has 0 fully saturated rings. The molecule has 0 bridgehead atoms. The van der Waals surface area contributed by atoms with E-state index in [9.17, 15) is 13.2 Å². The molecule has 15 heavy (non-hydrogen) atoms. The highest BCUT2D eigenvalue weighted by Crippen LogP contribution is 2.03. The number of sulfonamides is 1. The van der Waals surface area contributed by atoms with Crippen LogP contribution in [0.5, 0.6) is 0 Å². The molecule has 0 aliphatic carbocycles. The molecule has 7 heteroatoms. The van der Waals surface area contributed by atoms with Gasteiger partial charge in [0.25, 0.3) is 0 Å². The number of hydrogen-bond donors (Lipinski definition) is 2. The van der Waals surface area contributed by atoms with E-state index < -0.39 is 27.2 Å². The largest absolute Gasteiger partial charge is 0.481 e. The highest BCUT2D eigenvalue weighted by Gasteiger charge is 2.24. The summed E-state index contributed by atoms with van der Waals surface area (Å²) in [6.07, 6.45) is 0.174. The first-order valence-electron chi connectivity index (χ1n) is 4.46. The molecule has 0 radical (unpaired) electrons. The van der Waals surface area contributed by atoms with E-state index in [1.807, 2.05) is 0 Å². The quantitative estimate of drug-likeness (QED) is 0.668. The Morgan fingerprint density at radius 1 is 1.60 bits per heavy atom. The van der Waals surface area contributed by atoms with Gasteiger partial charge in [0.2, 0.25) is 10.0 Å². The normalized spacial score (nSPS) is 15.3. The Morgan fingerprint density at radius 3 is 2.47 bits per heavy atom. The minimum absolute atomic E-state index is 0.174. The number of carboxylic acid groups (broad SMARTS) is 1. The van der Waals surface area contributed by atoms with E-state index in [0.717, 1.165) is 0 Å². The second kappa shape index (κ2) is 5.68. The van der Waals surface area contributed by atoms with Gasteiger partial charge in [-0.05, 0) is 6.42 Å². The summed E-state index contributed by atoms with van der Waals surface area (Å²) in [6, 6.07) is 1.65. The fourth-order valence-corrected chi connectivity index (χ4v) is 2.07. The first kappa shape index (κ1) is 13.9. The summed E-state index contributed by atoms with van der Waals surface area (Å²) in [6.45, 7) is 2.77. The zero-order chi connectivity index (χ0) is 12.1. The fourth-order valence-electron chi connectivity index (χ4n) is 0.809. The average molecular weight is 234 g/mol. The van der Waals surface area contributed by atoms with Crippen molar-refractivity contribution < 1.29 is 18.3 Å². The van der Waals surface area contributed by atoms with Crippen LogP contribution in [0.2, 0.25) is 0 Å². The van der Waals surface area contributed by atoms with E-state index in [4.69, 9.17) is 10.4 Å². The van der Waals surface area contributed by atoms with Gasteiger partial charge in [-0.15, -0.1) is 0 Å². The summed E-state index contributed by atoms with van der Waals surface area (Å²) in [4.78, 5) is 10.4. The number of rotatable bonds is 6. The lowest BCUT2D eigenvalue weighted by Crippen LogP contribution is -2.37. The molecule has 2 N–H and O–H groups in total. The molecule has 0 spiro atoms. The van der Waals surface area contributed by atoms with E-state index >= 15 is 0 Å². The van der Waals surface area contributed by atoms with Crippen molar-refractivity contribution in [2.75, 3.05) is 6.54 Å². The molecular weight excluding hydrogens is 220 g/mol. The van der Waals surface area contributed by atoms with Crippen molar-refractivity contribution in [3.63, 3.8) is 0 Å². The number of hydrogen-bond acceptors (Lipinski definition) is 4. The van der Waals surface area contributed by atoms with Crippen LogP contribution in [-0.2, 0) is 14.8 Å². The predicted octanol–water partition coefficient (Wildman–Crippen LogP) is -0.0713. The standard InChI is InChI=1S/C8H14N2O4S/c1-3-7(4-9)15(13,14)10-5-6(2)8(11)12/h6-7,10H,3,5H2,1-2H3,(H,11,12). The molecule has 0 saturated heterocycles. The van der Waals surface area contributed by atoms with Crippen LogP contribution in [0.15, 0.2) is 0 Å². The van der Waals surface area contributed by atoms with Crippen LogP contribution in [0.3, 0.4) is 0 Å². The molecule has 0 rings (SSSR count). The molecule has 0 aromatic rings. The summed E-state index contributed by atoms with van der Waals surface area (Å²) in [5, 5.41) is 16.0. The van der Waals surface area contributed by atoms with Crippen LogP contribution < -0.4 is 4.72 Å². The number of nitrogens with zero attached hydrogens (tertiary/aromatic N) is 1. The molecular formula is C8H14N2O4S. The number of aliphatic carboxylic acids is 1. The third kappa shape index (κ3) is 4.27. The Hall–Kier alpha value is -1.13. The molecule has 2 atom stereocenters. The summed E-state index contributed by atoms with van der Waals surface area (Å²) in [7, 11) is -3.73. The third-order valence-electron chi connectivity index (χ3n) is 1.90. The van der Waals surface area contributed by atoms with Crippen LogP contribution in [0.1, 0.15) is 20.3 Å². The Morgan fingerprint density at radius 2 is 2.13 bits per heavy atom. The predicted molar refractivity (Wildman–Crippen MR) is 53.4 cm³/mol. The number of nitrogens with one attached hydrogen (secondary N) is 1. The highest BCUT2D eigenvalue weighted by molar-refractivity contribution is 7.90. The summed E-state index contributed by atoms with van der Waals surface area (Å²) < 4.78 is 24.9. The maximum atomic E-state index is 11.4. The van der Waals surface area contributed by atoms with Crippen molar-refractivity contribution in [3.8, 4) is 6.07 Å². The zero-order valence-corrected chi connectivity index (χ0v) is 9.41. The molecule has 6 nitrogen and oxygen atoms in total. The number of carbonyl (C=O) groups is 1. The van der Waals surface area contributed by atoms with Gasteiger partial charge in [-0.2, -0.15) is 5.26 Å². The fraction of sp³-hybridized carbons (Fsp3) is 0.750. The van der Waals surface area contributed by atoms with Crippen LogP contribution in [-0.4, -0.2) is 31.3 Å². The van der Waals surface area contributed by atoms with Crippen molar-refractivity contribution >= 4 is 16.0 Å². The van der Waals surface area contributed by atoms with E-state index in [1.54, 1.807) is 13.0 Å². The second-order valence-electron chi connectivity index (χ2n) is 3.16. The first-order valence-corrected chi connectivity index (χ1v) is 6.00. The average Bonchev–Trinajstić information content (AvgIpc) is 2.15. The minimum atomic E-state index is -3.73. The Balaban J connectivity index is 4.42. The minimum Gasteiger partial charge on any atom is -0.481 e. The number of nitriles is 1. The molecule has 2 unspecified atom stereocenters. The monoisotopic (exact) mass is 234 g/mol. The van der Waals surface area contributed by atoms with Gasteiger partial charge in [-0.25, -0.2) is 13.1 Å². The summed E-state index contributed by atoms with van der Waals surface area (Å²) in [5.74, 6) is -1.89. The van der Waals surface area contributed by atoms with Gasteiger partial charge in [-0.3, -0.25) is 4.79 Å². The first-order chi connectivity index (χ1) is 6.85. The summed E-state index contributed by atoms with van der Waals surface area (Å²) >= 11 is 0. The van der Waals surface area contributed by atoms with Crippen molar-refractivity contribution in [1.82, 2.24) is 4.72 Å². The van der Waals surface area contributed by atoms with E-state index in [-0.39, 0.29) is 13.0 Å². The van der Waals surface area contributed by atoms with Gasteiger partial charge in [0.1, 0.15) is 0 Å². The number of carboxylic acids is 1. The van der Waals surface area contributed by atoms with Gasteiger partial charge < -0.3 is 5.11 Å². The van der Waals surface area contributed by atoms with Crippen molar-refractivity contribution in [2.45, 2.75) is 25.5 Å². The highest BCUT2D eigenvalue weighted by atomic mass is 32.2. The van der Waals surface area contributed by atoms with E-state index in [1.165, 1.54) is 6.92 Å². The molecule has 0 aliphatic rings. The molecule has 86 valence electrons. The van der Waals surface area contributed by atoms with Crippen molar-refractivity contribution in [2.24, 2.45) is 5.92 Å².